The van der Waals surface area contributed by atoms with E-state index in [4.69, 9.17) is 5.84 Å². The van der Waals surface area contributed by atoms with E-state index in [9.17, 15) is 10.1 Å². The zero-order chi connectivity index (χ0) is 15.2. The summed E-state index contributed by atoms with van der Waals surface area (Å²) in [5.74, 6) is 5.44. The van der Waals surface area contributed by atoms with Crippen LogP contribution in [0.15, 0.2) is 42.7 Å². The fourth-order valence-corrected chi connectivity index (χ4v) is 2.18. The highest BCUT2D eigenvalue weighted by molar-refractivity contribution is 5.65. The van der Waals surface area contributed by atoms with Crippen molar-refractivity contribution < 1.29 is 4.92 Å². The van der Waals surface area contributed by atoms with Gasteiger partial charge in [-0.3, -0.25) is 25.8 Å². The Morgan fingerprint density at radius 3 is 2.62 bits per heavy atom. The number of anilines is 1. The van der Waals surface area contributed by atoms with Crippen LogP contribution in [0.2, 0.25) is 0 Å². The average Bonchev–Trinajstić information content (AvgIpc) is 2.47. The largest absolute Gasteiger partial charge is 0.318 e. The minimum atomic E-state index is -0.443. The molecule has 0 aliphatic heterocycles. The van der Waals surface area contributed by atoms with Gasteiger partial charge in [0.05, 0.1) is 4.92 Å². The molecule has 7 heteroatoms. The molecule has 0 amide bonds. The Labute approximate surface area is 122 Å². The van der Waals surface area contributed by atoms with E-state index in [2.05, 4.69) is 15.3 Å². The van der Waals surface area contributed by atoms with Gasteiger partial charge in [-0.15, -0.1) is 0 Å². The zero-order valence-electron chi connectivity index (χ0n) is 11.7. The third kappa shape index (κ3) is 3.74. The Morgan fingerprint density at radius 1 is 1.29 bits per heavy atom. The van der Waals surface area contributed by atoms with Crippen LogP contribution in [-0.2, 0) is 13.1 Å². The number of nitro benzene ring substituents is 1. The smallest absolute Gasteiger partial charge is 0.293 e. The zero-order valence-corrected chi connectivity index (χ0v) is 11.7. The number of hydrogen-bond donors (Lipinski definition) is 2. The Hall–Kier alpha value is -2.51. The lowest BCUT2D eigenvalue weighted by Gasteiger charge is -2.18. The van der Waals surface area contributed by atoms with Crippen LogP contribution in [0.1, 0.15) is 11.1 Å². The molecule has 0 bridgehead atoms. The van der Waals surface area contributed by atoms with Gasteiger partial charge in [-0.2, -0.15) is 0 Å². The lowest BCUT2D eigenvalue weighted by molar-refractivity contribution is -0.384. The van der Waals surface area contributed by atoms with Crippen molar-refractivity contribution in [2.45, 2.75) is 13.1 Å². The van der Waals surface area contributed by atoms with Crippen molar-refractivity contribution in [2.24, 2.45) is 5.84 Å². The molecule has 0 saturated carbocycles. The summed E-state index contributed by atoms with van der Waals surface area (Å²) in [4.78, 5) is 16.6. The van der Waals surface area contributed by atoms with Crippen LogP contribution < -0.4 is 11.3 Å². The number of nitrogens with two attached hydrogens (primary N) is 1. The summed E-state index contributed by atoms with van der Waals surface area (Å²) < 4.78 is 0. The van der Waals surface area contributed by atoms with Crippen LogP contribution in [0.4, 0.5) is 11.4 Å². The molecule has 7 nitrogen and oxygen atoms in total. The van der Waals surface area contributed by atoms with Gasteiger partial charge in [0.2, 0.25) is 0 Å². The van der Waals surface area contributed by atoms with Crippen LogP contribution in [0.5, 0.6) is 0 Å². The van der Waals surface area contributed by atoms with Crippen molar-refractivity contribution in [3.05, 3.63) is 64.0 Å². The van der Waals surface area contributed by atoms with Gasteiger partial charge < -0.3 is 5.43 Å². The van der Waals surface area contributed by atoms with E-state index in [0.29, 0.717) is 12.2 Å². The van der Waals surface area contributed by atoms with Gasteiger partial charge in [0, 0.05) is 31.5 Å². The molecule has 1 heterocycles. The van der Waals surface area contributed by atoms with Crippen LogP contribution >= 0.6 is 0 Å². The topological polar surface area (TPSA) is 97.3 Å². The molecule has 1 aromatic carbocycles. The minimum Gasteiger partial charge on any atom is -0.318 e. The number of nitro groups is 1. The summed E-state index contributed by atoms with van der Waals surface area (Å²) in [7, 11) is 1.94. The molecule has 0 aliphatic carbocycles. The van der Waals surface area contributed by atoms with Gasteiger partial charge in [0.25, 0.3) is 5.69 Å². The van der Waals surface area contributed by atoms with Gasteiger partial charge in [-0.1, -0.05) is 12.1 Å². The van der Waals surface area contributed by atoms with Crippen LogP contribution in [0.25, 0.3) is 0 Å². The second-order valence-corrected chi connectivity index (χ2v) is 4.74. The predicted molar refractivity (Wildman–Crippen MR) is 80.3 cm³/mol. The molecule has 0 atom stereocenters. The number of pyridine rings is 1. The number of nitrogen functional groups attached to an aromatic ring is 1. The van der Waals surface area contributed by atoms with E-state index in [0.717, 1.165) is 17.7 Å². The van der Waals surface area contributed by atoms with Crippen molar-refractivity contribution in [1.82, 2.24) is 9.88 Å². The molecular weight excluding hydrogens is 270 g/mol. The molecule has 21 heavy (non-hydrogen) atoms. The number of hydrazine groups is 1. The first kappa shape index (κ1) is 14.9. The van der Waals surface area contributed by atoms with Gasteiger partial charge in [0.15, 0.2) is 0 Å². The maximum absolute atomic E-state index is 11.0. The number of rotatable bonds is 6. The molecule has 110 valence electrons. The van der Waals surface area contributed by atoms with Gasteiger partial charge in [-0.05, 0) is 30.3 Å². The number of aromatic nitrogens is 1. The summed E-state index contributed by atoms with van der Waals surface area (Å²) in [6.07, 6.45) is 3.48. The number of benzene rings is 1. The van der Waals surface area contributed by atoms with E-state index in [-0.39, 0.29) is 5.69 Å². The van der Waals surface area contributed by atoms with Crippen molar-refractivity contribution in [1.29, 1.82) is 0 Å². The quantitative estimate of drug-likeness (QED) is 0.478. The normalized spacial score (nSPS) is 10.6. The first-order chi connectivity index (χ1) is 10.1. The maximum Gasteiger partial charge on any atom is 0.293 e. The second-order valence-electron chi connectivity index (χ2n) is 4.74. The van der Waals surface area contributed by atoms with Gasteiger partial charge in [0.1, 0.15) is 5.69 Å². The summed E-state index contributed by atoms with van der Waals surface area (Å²) >= 11 is 0. The van der Waals surface area contributed by atoms with Gasteiger partial charge in [-0.25, -0.2) is 0 Å². The van der Waals surface area contributed by atoms with E-state index in [1.54, 1.807) is 18.5 Å². The number of para-hydroxylation sites is 1. The average molecular weight is 287 g/mol. The monoisotopic (exact) mass is 287 g/mol. The lowest BCUT2D eigenvalue weighted by atomic mass is 10.1. The summed E-state index contributed by atoms with van der Waals surface area (Å²) in [5, 5.41) is 11.0. The van der Waals surface area contributed by atoms with E-state index < -0.39 is 4.92 Å². The van der Waals surface area contributed by atoms with Gasteiger partial charge >= 0.3 is 0 Å². The molecule has 0 unspecified atom stereocenters. The number of nitrogens with zero attached hydrogens (tertiary/aromatic N) is 3. The first-order valence-electron chi connectivity index (χ1n) is 6.42. The molecule has 2 rings (SSSR count). The van der Waals surface area contributed by atoms with E-state index in [1.807, 2.05) is 25.2 Å². The Morgan fingerprint density at radius 2 is 2.00 bits per heavy atom. The van der Waals surface area contributed by atoms with E-state index in [1.165, 1.54) is 6.07 Å². The fourth-order valence-electron chi connectivity index (χ4n) is 2.18. The molecule has 0 radical (unpaired) electrons. The molecular formula is C14H17N5O2. The molecule has 3 N–H and O–H groups in total. The Balaban J connectivity index is 2.15. The number of hydrogen-bond acceptors (Lipinski definition) is 6. The van der Waals surface area contributed by atoms with Crippen molar-refractivity contribution in [2.75, 3.05) is 12.5 Å². The van der Waals surface area contributed by atoms with Crippen molar-refractivity contribution in [3.63, 3.8) is 0 Å². The predicted octanol–water partition coefficient (Wildman–Crippen LogP) is 1.91. The summed E-state index contributed by atoms with van der Waals surface area (Å²) in [6, 6.07) is 8.79. The number of nitrogens with one attached hydrogen (secondary N) is 1. The molecule has 0 aliphatic rings. The Bertz CT molecular complexity index is 618. The van der Waals surface area contributed by atoms with Crippen molar-refractivity contribution >= 4 is 11.4 Å². The molecule has 1 aromatic heterocycles. The molecule has 0 spiro atoms. The minimum absolute atomic E-state index is 0.0210. The first-order valence-corrected chi connectivity index (χ1v) is 6.42. The highest BCUT2D eigenvalue weighted by atomic mass is 16.6. The highest BCUT2D eigenvalue weighted by Gasteiger charge is 2.17. The summed E-state index contributed by atoms with van der Waals surface area (Å²) in [5.41, 5.74) is 4.67. The third-order valence-corrected chi connectivity index (χ3v) is 3.11. The second kappa shape index (κ2) is 6.78. The van der Waals surface area contributed by atoms with Crippen LogP contribution in [0.3, 0.4) is 0 Å². The van der Waals surface area contributed by atoms with Crippen LogP contribution in [0, 0.1) is 10.1 Å². The highest BCUT2D eigenvalue weighted by Crippen LogP contribution is 2.28. The third-order valence-electron chi connectivity index (χ3n) is 3.11. The maximum atomic E-state index is 11.0. The van der Waals surface area contributed by atoms with E-state index >= 15 is 0 Å². The van der Waals surface area contributed by atoms with Crippen LogP contribution in [-0.4, -0.2) is 21.9 Å². The SMILES string of the molecule is CN(Cc1ccncc1)Cc1cccc([N+](=O)[O-])c1NN. The van der Waals surface area contributed by atoms with Crippen molar-refractivity contribution in [3.8, 4) is 0 Å². The fraction of sp³-hybridized carbons (Fsp3) is 0.214. The molecule has 0 fully saturated rings. The molecule has 2 aromatic rings. The summed E-state index contributed by atoms with van der Waals surface area (Å²) in [6.45, 7) is 1.26. The lowest BCUT2D eigenvalue weighted by Crippen LogP contribution is -2.20. The standard InChI is InChI=1S/C14H17N5O2/c1-18(9-11-5-7-16-8-6-11)10-12-3-2-4-13(19(20)21)14(12)17-15/h2-8,17H,9-10,15H2,1H3. The molecule has 0 saturated heterocycles. The Kier molecular flexibility index (Phi) is 4.81.